The van der Waals surface area contributed by atoms with Crippen LogP contribution in [0.4, 0.5) is 0 Å². The minimum atomic E-state index is 0.298. The molecule has 1 saturated heterocycles. The first-order chi connectivity index (χ1) is 10.3. The summed E-state index contributed by atoms with van der Waals surface area (Å²) in [5.74, 6) is 6.37. The Labute approximate surface area is 127 Å². The normalized spacial score (nSPS) is 25.3. The van der Waals surface area contributed by atoms with Crippen LogP contribution >= 0.6 is 0 Å². The minimum absolute atomic E-state index is 0.298. The molecule has 0 bridgehead atoms. The van der Waals surface area contributed by atoms with Crippen LogP contribution in [0.15, 0.2) is 12.3 Å². The van der Waals surface area contributed by atoms with Crippen LogP contribution in [-0.4, -0.2) is 29.0 Å². The summed E-state index contributed by atoms with van der Waals surface area (Å²) < 4.78 is 7.63. The average Bonchev–Trinajstić information content (AvgIpc) is 3.19. The molecule has 0 aromatic carbocycles. The van der Waals surface area contributed by atoms with Crippen LogP contribution in [0.1, 0.15) is 56.7 Å². The molecule has 5 nitrogen and oxygen atoms in total. The Morgan fingerprint density at radius 3 is 2.90 bits per heavy atom. The van der Waals surface area contributed by atoms with Crippen molar-refractivity contribution in [2.45, 2.75) is 63.5 Å². The Morgan fingerprint density at radius 1 is 1.33 bits per heavy atom. The predicted molar refractivity (Wildman–Crippen MR) is 82.7 cm³/mol. The van der Waals surface area contributed by atoms with Gasteiger partial charge >= 0.3 is 0 Å². The number of rotatable bonds is 6. The standard InChI is InChI=1S/C16H28N4O/c17-18-15(10-13-7-9-21-12-13)11-14-6-8-20(19-14)16-4-2-1-3-5-16/h6,8,13,15-16,18H,1-5,7,9-12,17H2. The highest BCUT2D eigenvalue weighted by atomic mass is 16.5. The predicted octanol–water partition coefficient (Wildman–Crippen LogP) is 2.19. The number of aromatic nitrogens is 2. The lowest BCUT2D eigenvalue weighted by Crippen LogP contribution is -2.38. The molecule has 0 spiro atoms. The van der Waals surface area contributed by atoms with E-state index in [1.807, 2.05) is 0 Å². The number of hydrogen-bond donors (Lipinski definition) is 2. The number of nitrogens with two attached hydrogens (primary N) is 1. The van der Waals surface area contributed by atoms with E-state index >= 15 is 0 Å². The first-order valence-electron chi connectivity index (χ1n) is 8.43. The van der Waals surface area contributed by atoms with Crippen LogP contribution in [0.3, 0.4) is 0 Å². The van der Waals surface area contributed by atoms with Gasteiger partial charge in [-0.3, -0.25) is 16.0 Å². The van der Waals surface area contributed by atoms with Crippen molar-refractivity contribution >= 4 is 0 Å². The van der Waals surface area contributed by atoms with E-state index in [1.165, 1.54) is 32.1 Å². The summed E-state index contributed by atoms with van der Waals surface area (Å²) in [6.07, 6.45) is 11.9. The van der Waals surface area contributed by atoms with E-state index in [1.54, 1.807) is 0 Å². The second-order valence-corrected chi connectivity index (χ2v) is 6.61. The van der Waals surface area contributed by atoms with Gasteiger partial charge in [0, 0.05) is 31.9 Å². The Morgan fingerprint density at radius 2 is 2.19 bits per heavy atom. The van der Waals surface area contributed by atoms with Crippen LogP contribution in [0.5, 0.6) is 0 Å². The third kappa shape index (κ3) is 4.05. The molecule has 2 fully saturated rings. The fraction of sp³-hybridized carbons (Fsp3) is 0.812. The van der Waals surface area contributed by atoms with E-state index < -0.39 is 0 Å². The van der Waals surface area contributed by atoms with Crippen LogP contribution < -0.4 is 11.3 Å². The van der Waals surface area contributed by atoms with Gasteiger partial charge in [0.2, 0.25) is 0 Å². The number of ether oxygens (including phenoxy) is 1. The number of hydrazine groups is 1. The molecule has 21 heavy (non-hydrogen) atoms. The molecule has 1 aliphatic carbocycles. The summed E-state index contributed by atoms with van der Waals surface area (Å²) in [7, 11) is 0. The van der Waals surface area contributed by atoms with Gasteiger partial charge in [-0.25, -0.2) is 0 Å². The van der Waals surface area contributed by atoms with E-state index in [4.69, 9.17) is 15.7 Å². The average molecular weight is 292 g/mol. The van der Waals surface area contributed by atoms with E-state index in [0.717, 1.165) is 38.2 Å². The van der Waals surface area contributed by atoms with Crippen LogP contribution in [0.2, 0.25) is 0 Å². The second kappa shape index (κ2) is 7.38. The maximum Gasteiger partial charge on any atom is 0.0640 e. The van der Waals surface area contributed by atoms with E-state index in [2.05, 4.69) is 22.4 Å². The molecule has 1 saturated carbocycles. The van der Waals surface area contributed by atoms with E-state index in [9.17, 15) is 0 Å². The van der Waals surface area contributed by atoms with Crippen molar-refractivity contribution in [1.82, 2.24) is 15.2 Å². The highest BCUT2D eigenvalue weighted by Crippen LogP contribution is 2.27. The maximum absolute atomic E-state index is 5.72. The SMILES string of the molecule is NNC(Cc1ccn(C2CCCCC2)n1)CC1CCOC1. The van der Waals surface area contributed by atoms with Gasteiger partial charge < -0.3 is 4.74 Å². The van der Waals surface area contributed by atoms with Crippen LogP contribution in [-0.2, 0) is 11.2 Å². The summed E-state index contributed by atoms with van der Waals surface area (Å²) in [6, 6.07) is 3.07. The number of hydrogen-bond acceptors (Lipinski definition) is 4. The molecule has 118 valence electrons. The molecule has 5 heteroatoms. The lowest BCUT2D eigenvalue weighted by atomic mass is 9.96. The Balaban J connectivity index is 1.54. The molecule has 2 unspecified atom stereocenters. The van der Waals surface area contributed by atoms with Gasteiger partial charge in [-0.2, -0.15) is 5.10 Å². The van der Waals surface area contributed by atoms with Gasteiger partial charge in [-0.15, -0.1) is 0 Å². The molecule has 1 aromatic heterocycles. The van der Waals surface area contributed by atoms with Crippen LogP contribution in [0, 0.1) is 5.92 Å². The van der Waals surface area contributed by atoms with Gasteiger partial charge in [0.05, 0.1) is 11.7 Å². The van der Waals surface area contributed by atoms with Gasteiger partial charge in [0.1, 0.15) is 0 Å². The minimum Gasteiger partial charge on any atom is -0.381 e. The second-order valence-electron chi connectivity index (χ2n) is 6.61. The van der Waals surface area contributed by atoms with Crippen molar-refractivity contribution < 1.29 is 4.74 Å². The Hall–Kier alpha value is -0.910. The number of nitrogens with one attached hydrogen (secondary N) is 1. The zero-order valence-electron chi connectivity index (χ0n) is 12.8. The Bertz CT molecular complexity index is 422. The first kappa shape index (κ1) is 15.0. The Kier molecular flexibility index (Phi) is 5.27. The molecular formula is C16H28N4O. The molecule has 0 amide bonds. The summed E-state index contributed by atoms with van der Waals surface area (Å²) in [6.45, 7) is 1.78. The number of nitrogens with zero attached hydrogens (tertiary/aromatic N) is 2. The molecule has 3 rings (SSSR count). The van der Waals surface area contributed by atoms with Crippen molar-refractivity contribution in [3.05, 3.63) is 18.0 Å². The molecule has 2 aliphatic rings. The fourth-order valence-corrected chi connectivity index (χ4v) is 3.67. The third-order valence-corrected chi connectivity index (χ3v) is 4.95. The highest BCUT2D eigenvalue weighted by Gasteiger charge is 2.22. The maximum atomic E-state index is 5.72. The van der Waals surface area contributed by atoms with Gasteiger partial charge in [-0.05, 0) is 37.7 Å². The summed E-state index contributed by atoms with van der Waals surface area (Å²) >= 11 is 0. The van der Waals surface area contributed by atoms with Gasteiger partial charge in [0.25, 0.3) is 0 Å². The lowest BCUT2D eigenvalue weighted by Gasteiger charge is -2.22. The van der Waals surface area contributed by atoms with Crippen molar-refractivity contribution in [2.75, 3.05) is 13.2 Å². The molecule has 1 aromatic rings. The molecule has 1 aliphatic heterocycles. The van der Waals surface area contributed by atoms with Crippen molar-refractivity contribution in [3.8, 4) is 0 Å². The molecular weight excluding hydrogens is 264 g/mol. The molecule has 2 heterocycles. The zero-order valence-corrected chi connectivity index (χ0v) is 12.8. The summed E-state index contributed by atoms with van der Waals surface area (Å²) in [5.41, 5.74) is 4.12. The van der Waals surface area contributed by atoms with Crippen molar-refractivity contribution in [3.63, 3.8) is 0 Å². The van der Waals surface area contributed by atoms with Crippen LogP contribution in [0.25, 0.3) is 0 Å². The topological polar surface area (TPSA) is 65.1 Å². The first-order valence-corrected chi connectivity index (χ1v) is 8.43. The van der Waals surface area contributed by atoms with Crippen molar-refractivity contribution in [2.24, 2.45) is 11.8 Å². The molecule has 2 atom stereocenters. The van der Waals surface area contributed by atoms with E-state index in [-0.39, 0.29) is 0 Å². The molecule has 3 N–H and O–H groups in total. The third-order valence-electron chi connectivity index (χ3n) is 4.95. The highest BCUT2D eigenvalue weighted by molar-refractivity contribution is 5.02. The smallest absolute Gasteiger partial charge is 0.0640 e. The summed E-state index contributed by atoms with van der Waals surface area (Å²) in [4.78, 5) is 0. The largest absolute Gasteiger partial charge is 0.381 e. The fourth-order valence-electron chi connectivity index (χ4n) is 3.67. The monoisotopic (exact) mass is 292 g/mol. The zero-order chi connectivity index (χ0) is 14.5. The van der Waals surface area contributed by atoms with Gasteiger partial charge in [-0.1, -0.05) is 19.3 Å². The van der Waals surface area contributed by atoms with E-state index in [0.29, 0.717) is 18.0 Å². The molecule has 0 radical (unpaired) electrons. The lowest BCUT2D eigenvalue weighted by molar-refractivity contribution is 0.181. The summed E-state index contributed by atoms with van der Waals surface area (Å²) in [5, 5.41) is 4.79. The van der Waals surface area contributed by atoms with Gasteiger partial charge in [0.15, 0.2) is 0 Å². The quantitative estimate of drug-likeness (QED) is 0.623. The van der Waals surface area contributed by atoms with Crippen molar-refractivity contribution in [1.29, 1.82) is 0 Å².